The number of carbonyl (C=O) groups excluding carboxylic acids is 2. The van der Waals surface area contributed by atoms with Gasteiger partial charge in [0.2, 0.25) is 11.8 Å². The van der Waals surface area contributed by atoms with Crippen LogP contribution in [0.3, 0.4) is 0 Å². The number of nitrogens with one attached hydrogen (secondary N) is 2. The molecule has 0 bridgehead atoms. The van der Waals surface area contributed by atoms with E-state index in [1.165, 1.54) is 0 Å². The van der Waals surface area contributed by atoms with Crippen molar-refractivity contribution in [3.8, 4) is 0 Å². The summed E-state index contributed by atoms with van der Waals surface area (Å²) in [6.45, 7) is 1.03. The molecule has 1 aliphatic heterocycles. The topological polar surface area (TPSA) is 84.2 Å². The molecule has 0 aliphatic carbocycles. The average Bonchev–Trinajstić information content (AvgIpc) is 2.26. The predicted molar refractivity (Wildman–Crippen MR) is 53.1 cm³/mol. The molecular formula is C6H13Cl2N3O2. The quantitative estimate of drug-likeness (QED) is 0.531. The molecule has 7 heteroatoms. The zero-order chi connectivity index (χ0) is 8.27. The fraction of sp³-hybridized carbons (Fsp3) is 0.667. The van der Waals surface area contributed by atoms with E-state index in [1.54, 1.807) is 0 Å². The number of hydrogen-bond acceptors (Lipinski definition) is 4. The molecule has 1 rings (SSSR count). The first kappa shape index (κ1) is 15.1. The van der Waals surface area contributed by atoms with Crippen molar-refractivity contribution in [2.24, 2.45) is 5.73 Å². The minimum absolute atomic E-state index is 0. The summed E-state index contributed by atoms with van der Waals surface area (Å²) in [5.41, 5.74) is 5.21. The molecule has 13 heavy (non-hydrogen) atoms. The van der Waals surface area contributed by atoms with Gasteiger partial charge in [0.1, 0.15) is 0 Å². The maximum Gasteiger partial charge on any atom is 0.244 e. The molecule has 1 unspecified atom stereocenters. The summed E-state index contributed by atoms with van der Waals surface area (Å²) in [5.74, 6) is -0.465. The Morgan fingerprint density at radius 2 is 2.08 bits per heavy atom. The van der Waals surface area contributed by atoms with Crippen molar-refractivity contribution < 1.29 is 9.59 Å². The first-order valence-electron chi connectivity index (χ1n) is 3.51. The smallest absolute Gasteiger partial charge is 0.244 e. The molecule has 1 atom stereocenters. The highest BCUT2D eigenvalue weighted by Crippen LogP contribution is 1.99. The van der Waals surface area contributed by atoms with Gasteiger partial charge in [-0.25, -0.2) is 0 Å². The van der Waals surface area contributed by atoms with E-state index in [4.69, 9.17) is 5.73 Å². The summed E-state index contributed by atoms with van der Waals surface area (Å²) in [4.78, 5) is 21.5. The Morgan fingerprint density at radius 1 is 1.46 bits per heavy atom. The van der Waals surface area contributed by atoms with Crippen molar-refractivity contribution in [1.82, 2.24) is 10.6 Å². The Hall–Kier alpha value is -0.360. The lowest BCUT2D eigenvalue weighted by Crippen LogP contribution is -2.38. The van der Waals surface area contributed by atoms with Crippen molar-refractivity contribution in [2.45, 2.75) is 12.5 Å². The van der Waals surface area contributed by atoms with Crippen molar-refractivity contribution in [3.05, 3.63) is 0 Å². The van der Waals surface area contributed by atoms with Crippen molar-refractivity contribution in [1.29, 1.82) is 0 Å². The highest BCUT2D eigenvalue weighted by molar-refractivity contribution is 6.05. The fourth-order valence-corrected chi connectivity index (χ4v) is 0.976. The Morgan fingerprint density at radius 3 is 2.46 bits per heavy atom. The van der Waals surface area contributed by atoms with E-state index in [-0.39, 0.29) is 49.1 Å². The normalized spacial score (nSPS) is 20.2. The molecule has 0 spiro atoms. The van der Waals surface area contributed by atoms with Crippen LogP contribution < -0.4 is 16.4 Å². The Balaban J connectivity index is 0. The van der Waals surface area contributed by atoms with Gasteiger partial charge in [0.05, 0.1) is 12.5 Å². The zero-order valence-corrected chi connectivity index (χ0v) is 8.54. The van der Waals surface area contributed by atoms with Gasteiger partial charge >= 0.3 is 0 Å². The summed E-state index contributed by atoms with van der Waals surface area (Å²) in [6.07, 6.45) is 0.235. The van der Waals surface area contributed by atoms with Crippen LogP contribution in [0.1, 0.15) is 6.42 Å². The molecule has 78 valence electrons. The number of amides is 2. The van der Waals surface area contributed by atoms with Crippen molar-refractivity contribution >= 4 is 36.6 Å². The first-order valence-corrected chi connectivity index (χ1v) is 3.51. The maximum atomic E-state index is 10.9. The van der Waals surface area contributed by atoms with Crippen molar-refractivity contribution in [3.63, 3.8) is 0 Å². The van der Waals surface area contributed by atoms with Gasteiger partial charge in [0.15, 0.2) is 0 Å². The summed E-state index contributed by atoms with van der Waals surface area (Å²) < 4.78 is 0. The van der Waals surface area contributed by atoms with Gasteiger partial charge in [-0.2, -0.15) is 0 Å². The predicted octanol–water partition coefficient (Wildman–Crippen LogP) is -1.21. The van der Waals surface area contributed by atoms with Gasteiger partial charge in [-0.15, -0.1) is 24.8 Å². The first-order chi connectivity index (χ1) is 5.24. The average molecular weight is 230 g/mol. The number of halogens is 2. The van der Waals surface area contributed by atoms with Crippen LogP contribution in [0.4, 0.5) is 0 Å². The summed E-state index contributed by atoms with van der Waals surface area (Å²) in [7, 11) is 0. The molecule has 5 nitrogen and oxygen atoms in total. The standard InChI is InChI=1S/C6H11N3O2.2ClH/c7-1-2-8-4-3-5(10)9-6(4)11;;/h4,8H,1-3,7H2,(H,9,10,11);2*1H. The largest absolute Gasteiger partial charge is 0.329 e. The van der Waals surface area contributed by atoms with Crippen LogP contribution in [0.2, 0.25) is 0 Å². The molecule has 0 aromatic carbocycles. The van der Waals surface area contributed by atoms with Crippen LogP contribution in [0, 0.1) is 0 Å². The molecule has 0 aromatic heterocycles. The Bertz CT molecular complexity index is 189. The molecule has 0 radical (unpaired) electrons. The van der Waals surface area contributed by atoms with E-state index in [2.05, 4.69) is 10.6 Å². The molecule has 1 aliphatic rings. The third kappa shape index (κ3) is 4.42. The SMILES string of the molecule is Cl.Cl.NCCNC1CC(=O)NC1=O. The maximum absolute atomic E-state index is 10.9. The molecule has 2 amide bonds. The lowest BCUT2D eigenvalue weighted by Gasteiger charge is -2.05. The molecule has 4 N–H and O–H groups in total. The zero-order valence-electron chi connectivity index (χ0n) is 6.91. The van der Waals surface area contributed by atoms with Crippen LogP contribution >= 0.6 is 24.8 Å². The van der Waals surface area contributed by atoms with Crippen LogP contribution in [0.25, 0.3) is 0 Å². The van der Waals surface area contributed by atoms with Crippen LogP contribution in [-0.4, -0.2) is 30.9 Å². The Kier molecular flexibility index (Phi) is 8.24. The van der Waals surface area contributed by atoms with Crippen LogP contribution in [0.15, 0.2) is 0 Å². The number of carbonyl (C=O) groups is 2. The van der Waals surface area contributed by atoms with E-state index in [0.29, 0.717) is 13.1 Å². The second kappa shape index (κ2) is 7.08. The second-order valence-corrected chi connectivity index (χ2v) is 2.41. The van der Waals surface area contributed by atoms with E-state index >= 15 is 0 Å². The van der Waals surface area contributed by atoms with Crippen LogP contribution in [-0.2, 0) is 9.59 Å². The third-order valence-corrected chi connectivity index (χ3v) is 1.50. The monoisotopic (exact) mass is 229 g/mol. The van der Waals surface area contributed by atoms with Gasteiger partial charge in [0, 0.05) is 13.1 Å². The molecule has 0 aromatic rings. The number of rotatable bonds is 3. The summed E-state index contributed by atoms with van der Waals surface area (Å²) in [6, 6.07) is -0.369. The lowest BCUT2D eigenvalue weighted by atomic mass is 10.2. The van der Waals surface area contributed by atoms with Crippen molar-refractivity contribution in [2.75, 3.05) is 13.1 Å². The van der Waals surface area contributed by atoms with Gasteiger partial charge in [0.25, 0.3) is 0 Å². The van der Waals surface area contributed by atoms with E-state index in [0.717, 1.165) is 0 Å². The summed E-state index contributed by atoms with van der Waals surface area (Å²) in [5, 5.41) is 5.05. The Labute approximate surface area is 88.6 Å². The van der Waals surface area contributed by atoms with Gasteiger partial charge < -0.3 is 11.1 Å². The highest BCUT2D eigenvalue weighted by atomic mass is 35.5. The van der Waals surface area contributed by atoms with E-state index < -0.39 is 0 Å². The van der Waals surface area contributed by atoms with E-state index in [9.17, 15) is 9.59 Å². The second-order valence-electron chi connectivity index (χ2n) is 2.41. The molecular weight excluding hydrogens is 217 g/mol. The fourth-order valence-electron chi connectivity index (χ4n) is 0.976. The van der Waals surface area contributed by atoms with Gasteiger partial charge in [-0.3, -0.25) is 14.9 Å². The number of hydrogen-bond donors (Lipinski definition) is 3. The highest BCUT2D eigenvalue weighted by Gasteiger charge is 2.29. The molecule has 0 saturated carbocycles. The number of imide groups is 1. The molecule has 1 fully saturated rings. The molecule has 1 heterocycles. The summed E-state index contributed by atoms with van der Waals surface area (Å²) >= 11 is 0. The van der Waals surface area contributed by atoms with Gasteiger partial charge in [-0.05, 0) is 0 Å². The van der Waals surface area contributed by atoms with Crippen LogP contribution in [0.5, 0.6) is 0 Å². The van der Waals surface area contributed by atoms with E-state index in [1.807, 2.05) is 0 Å². The minimum atomic E-state index is -0.369. The third-order valence-electron chi connectivity index (χ3n) is 1.50. The number of nitrogens with two attached hydrogens (primary N) is 1. The van der Waals surface area contributed by atoms with Gasteiger partial charge in [-0.1, -0.05) is 0 Å². The molecule has 1 saturated heterocycles. The lowest BCUT2D eigenvalue weighted by molar-refractivity contribution is -0.125. The minimum Gasteiger partial charge on any atom is -0.329 e.